The first-order valence-electron chi connectivity index (χ1n) is 6.39. The van der Waals surface area contributed by atoms with Gasteiger partial charge in [-0.05, 0) is 38.3 Å². The van der Waals surface area contributed by atoms with Crippen LogP contribution in [0.25, 0.3) is 0 Å². The van der Waals surface area contributed by atoms with Crippen molar-refractivity contribution in [3.8, 4) is 0 Å². The van der Waals surface area contributed by atoms with Gasteiger partial charge < -0.3 is 10.1 Å². The first kappa shape index (κ1) is 14.1. The van der Waals surface area contributed by atoms with Gasteiger partial charge in [-0.2, -0.15) is 0 Å². The Balaban J connectivity index is 2.02. The fourth-order valence-corrected chi connectivity index (χ4v) is 2.92. The van der Waals surface area contributed by atoms with Gasteiger partial charge in [-0.1, -0.05) is 35.3 Å². The lowest BCUT2D eigenvalue weighted by Gasteiger charge is -2.31. The normalized spacial score (nSPS) is 26.0. The molecule has 3 unspecified atom stereocenters. The molecule has 18 heavy (non-hydrogen) atoms. The monoisotopic (exact) mass is 287 g/mol. The minimum absolute atomic E-state index is 0.200. The molecule has 1 fully saturated rings. The topological polar surface area (TPSA) is 21.3 Å². The first-order valence-corrected chi connectivity index (χ1v) is 7.15. The molecule has 1 aliphatic rings. The zero-order chi connectivity index (χ0) is 13.1. The van der Waals surface area contributed by atoms with Crippen LogP contribution in [0.15, 0.2) is 18.2 Å². The molecule has 1 aromatic carbocycles. The molecule has 0 aliphatic carbocycles. The maximum atomic E-state index is 6.24. The predicted molar refractivity (Wildman–Crippen MR) is 76.4 cm³/mol. The van der Waals surface area contributed by atoms with Crippen LogP contribution in [0.5, 0.6) is 0 Å². The molecule has 0 spiro atoms. The van der Waals surface area contributed by atoms with Gasteiger partial charge in [0.25, 0.3) is 0 Å². The number of benzene rings is 1. The van der Waals surface area contributed by atoms with Crippen LogP contribution in [-0.2, 0) is 4.74 Å². The molecule has 0 amide bonds. The highest BCUT2D eigenvalue weighted by Crippen LogP contribution is 2.30. The van der Waals surface area contributed by atoms with E-state index in [-0.39, 0.29) is 6.04 Å². The van der Waals surface area contributed by atoms with E-state index in [9.17, 15) is 0 Å². The van der Waals surface area contributed by atoms with E-state index < -0.39 is 0 Å². The maximum absolute atomic E-state index is 6.24. The number of halogens is 2. The van der Waals surface area contributed by atoms with Crippen molar-refractivity contribution in [2.75, 3.05) is 6.61 Å². The average molecular weight is 288 g/mol. The minimum atomic E-state index is 0.200. The third-order valence-corrected chi connectivity index (χ3v) is 4.25. The van der Waals surface area contributed by atoms with E-state index in [1.807, 2.05) is 18.2 Å². The summed E-state index contributed by atoms with van der Waals surface area (Å²) in [6, 6.07) is 6.46. The van der Waals surface area contributed by atoms with Gasteiger partial charge in [-0.15, -0.1) is 0 Å². The summed E-state index contributed by atoms with van der Waals surface area (Å²) in [7, 11) is 0. The van der Waals surface area contributed by atoms with E-state index in [0.29, 0.717) is 22.2 Å². The summed E-state index contributed by atoms with van der Waals surface area (Å²) in [5.41, 5.74) is 1.06. The summed E-state index contributed by atoms with van der Waals surface area (Å²) in [6.07, 6.45) is 2.42. The second kappa shape index (κ2) is 6.25. The summed E-state index contributed by atoms with van der Waals surface area (Å²) in [5, 5.41) is 4.88. The third-order valence-electron chi connectivity index (χ3n) is 3.42. The molecule has 0 saturated carbocycles. The lowest BCUT2D eigenvalue weighted by Crippen LogP contribution is -2.39. The Hall–Kier alpha value is -0.280. The average Bonchev–Trinajstić information content (AvgIpc) is 2.32. The number of ether oxygens (including phenoxy) is 1. The van der Waals surface area contributed by atoms with Gasteiger partial charge in [-0.3, -0.25) is 0 Å². The number of rotatable bonds is 3. The highest BCUT2D eigenvalue weighted by Gasteiger charge is 2.22. The van der Waals surface area contributed by atoms with E-state index in [1.165, 1.54) is 0 Å². The van der Waals surface area contributed by atoms with Crippen LogP contribution in [0.1, 0.15) is 38.3 Å². The Kier molecular flexibility index (Phi) is 4.91. The van der Waals surface area contributed by atoms with Crippen LogP contribution >= 0.6 is 23.2 Å². The Morgan fingerprint density at radius 2 is 2.17 bits per heavy atom. The molecule has 4 heteroatoms. The molecule has 2 rings (SSSR count). The quantitative estimate of drug-likeness (QED) is 0.899. The molecule has 0 bridgehead atoms. The van der Waals surface area contributed by atoms with Crippen LogP contribution in [0, 0.1) is 0 Å². The van der Waals surface area contributed by atoms with Crippen molar-refractivity contribution in [1.29, 1.82) is 0 Å². The lowest BCUT2D eigenvalue weighted by atomic mass is 10.0. The smallest absolute Gasteiger partial charge is 0.0639 e. The molecule has 1 N–H and O–H groups in total. The van der Waals surface area contributed by atoms with Gasteiger partial charge in [0.2, 0.25) is 0 Å². The van der Waals surface area contributed by atoms with Crippen LogP contribution in [0.4, 0.5) is 0 Å². The van der Waals surface area contributed by atoms with Gasteiger partial charge in [0.15, 0.2) is 0 Å². The van der Waals surface area contributed by atoms with Gasteiger partial charge in [0.05, 0.1) is 16.1 Å². The number of nitrogens with one attached hydrogen (secondary N) is 1. The molecule has 1 aliphatic heterocycles. The molecule has 0 aromatic heterocycles. The van der Waals surface area contributed by atoms with Crippen LogP contribution < -0.4 is 5.32 Å². The van der Waals surface area contributed by atoms with E-state index in [0.717, 1.165) is 25.0 Å². The van der Waals surface area contributed by atoms with Crippen molar-refractivity contribution < 1.29 is 4.74 Å². The van der Waals surface area contributed by atoms with E-state index >= 15 is 0 Å². The second-order valence-corrected chi connectivity index (χ2v) is 5.72. The molecule has 100 valence electrons. The van der Waals surface area contributed by atoms with Crippen molar-refractivity contribution in [2.24, 2.45) is 0 Å². The molecule has 3 atom stereocenters. The van der Waals surface area contributed by atoms with Gasteiger partial charge >= 0.3 is 0 Å². The summed E-state index contributed by atoms with van der Waals surface area (Å²) >= 11 is 12.3. The highest BCUT2D eigenvalue weighted by molar-refractivity contribution is 6.42. The minimum Gasteiger partial charge on any atom is -0.378 e. The van der Waals surface area contributed by atoms with Crippen LogP contribution in [-0.4, -0.2) is 18.8 Å². The highest BCUT2D eigenvalue weighted by atomic mass is 35.5. The van der Waals surface area contributed by atoms with Crippen LogP contribution in [0.3, 0.4) is 0 Å². The Morgan fingerprint density at radius 1 is 1.39 bits per heavy atom. The Morgan fingerprint density at radius 3 is 2.89 bits per heavy atom. The SMILES string of the molecule is CC1CC(NC(C)c2cccc(Cl)c2Cl)CCO1. The largest absolute Gasteiger partial charge is 0.378 e. The fourth-order valence-electron chi connectivity index (χ4n) is 2.45. The summed E-state index contributed by atoms with van der Waals surface area (Å²) < 4.78 is 5.55. The third kappa shape index (κ3) is 3.39. The predicted octanol–water partition coefficient (Wildman–Crippen LogP) is 4.21. The van der Waals surface area contributed by atoms with E-state index in [2.05, 4.69) is 19.2 Å². The summed E-state index contributed by atoms with van der Waals surface area (Å²) in [5.74, 6) is 0. The van der Waals surface area contributed by atoms with E-state index in [4.69, 9.17) is 27.9 Å². The Bertz CT molecular complexity index is 411. The molecule has 0 radical (unpaired) electrons. The van der Waals surface area contributed by atoms with Crippen molar-refractivity contribution >= 4 is 23.2 Å². The second-order valence-electron chi connectivity index (χ2n) is 4.93. The van der Waals surface area contributed by atoms with Crippen molar-refractivity contribution in [2.45, 2.75) is 44.9 Å². The van der Waals surface area contributed by atoms with Crippen molar-refractivity contribution in [3.05, 3.63) is 33.8 Å². The van der Waals surface area contributed by atoms with Crippen LogP contribution in [0.2, 0.25) is 10.0 Å². The zero-order valence-corrected chi connectivity index (χ0v) is 12.3. The number of hydrogen-bond donors (Lipinski definition) is 1. The molecular weight excluding hydrogens is 269 g/mol. The zero-order valence-electron chi connectivity index (χ0n) is 10.7. The summed E-state index contributed by atoms with van der Waals surface area (Å²) in [4.78, 5) is 0. The molecule has 1 aromatic rings. The standard InChI is InChI=1S/C14H19Cl2NO/c1-9-8-11(6-7-18-9)17-10(2)12-4-3-5-13(15)14(12)16/h3-5,9-11,17H,6-8H2,1-2H3. The fraction of sp³-hybridized carbons (Fsp3) is 0.571. The van der Waals surface area contributed by atoms with Gasteiger partial charge in [0.1, 0.15) is 0 Å². The van der Waals surface area contributed by atoms with Crippen molar-refractivity contribution in [3.63, 3.8) is 0 Å². The summed E-state index contributed by atoms with van der Waals surface area (Å²) in [6.45, 7) is 5.07. The Labute approximate surface area is 119 Å². The molecular formula is C14H19Cl2NO. The molecule has 1 saturated heterocycles. The molecule has 1 heterocycles. The van der Waals surface area contributed by atoms with Gasteiger partial charge in [-0.25, -0.2) is 0 Å². The maximum Gasteiger partial charge on any atom is 0.0639 e. The number of hydrogen-bond acceptors (Lipinski definition) is 2. The first-order chi connectivity index (χ1) is 8.58. The molecule has 2 nitrogen and oxygen atoms in total. The van der Waals surface area contributed by atoms with Gasteiger partial charge in [0, 0.05) is 18.7 Å². The lowest BCUT2D eigenvalue weighted by molar-refractivity contribution is 0.0116. The van der Waals surface area contributed by atoms with E-state index in [1.54, 1.807) is 0 Å². The van der Waals surface area contributed by atoms with Crippen molar-refractivity contribution in [1.82, 2.24) is 5.32 Å².